The zero-order valence-corrected chi connectivity index (χ0v) is 7.57. The van der Waals surface area contributed by atoms with Gasteiger partial charge in [0.05, 0.1) is 11.0 Å². The van der Waals surface area contributed by atoms with E-state index in [0.29, 0.717) is 16.7 Å². The van der Waals surface area contributed by atoms with Crippen LogP contribution in [-0.2, 0) is 0 Å². The number of rotatable bonds is 0. The average molecular weight is 191 g/mol. The summed E-state index contributed by atoms with van der Waals surface area (Å²) in [5.74, 6) is -0.314. The van der Waals surface area contributed by atoms with Crippen molar-refractivity contribution in [2.75, 3.05) is 5.73 Å². The molecule has 14 heavy (non-hydrogen) atoms. The van der Waals surface area contributed by atoms with Gasteiger partial charge in [0.25, 0.3) is 0 Å². The van der Waals surface area contributed by atoms with E-state index in [0.717, 1.165) is 4.57 Å². The van der Waals surface area contributed by atoms with E-state index in [1.165, 1.54) is 6.92 Å². The number of H-pyrrole nitrogens is 1. The van der Waals surface area contributed by atoms with Crippen LogP contribution in [-0.4, -0.2) is 15.5 Å². The minimum Gasteiger partial charge on any atom is -0.399 e. The fourth-order valence-electron chi connectivity index (χ4n) is 1.44. The van der Waals surface area contributed by atoms with Crippen molar-refractivity contribution in [3.63, 3.8) is 0 Å². The molecule has 3 N–H and O–H groups in total. The summed E-state index contributed by atoms with van der Waals surface area (Å²) in [6, 6.07) is 4.91. The Morgan fingerprint density at radius 3 is 2.86 bits per heavy atom. The van der Waals surface area contributed by atoms with E-state index in [4.69, 9.17) is 5.73 Å². The molecule has 0 aliphatic carbocycles. The van der Waals surface area contributed by atoms with Crippen molar-refractivity contribution in [1.29, 1.82) is 0 Å². The predicted molar refractivity (Wildman–Crippen MR) is 53.3 cm³/mol. The van der Waals surface area contributed by atoms with Crippen LogP contribution < -0.4 is 11.4 Å². The Labute approximate surface area is 79.1 Å². The van der Waals surface area contributed by atoms with E-state index in [9.17, 15) is 9.59 Å². The van der Waals surface area contributed by atoms with Crippen molar-refractivity contribution < 1.29 is 4.79 Å². The third kappa shape index (κ3) is 1.10. The lowest BCUT2D eigenvalue weighted by atomic mass is 10.3. The Kier molecular flexibility index (Phi) is 1.67. The number of aromatic nitrogens is 2. The predicted octanol–water partition coefficient (Wildman–Crippen LogP) is 0.572. The van der Waals surface area contributed by atoms with E-state index < -0.39 is 5.69 Å². The van der Waals surface area contributed by atoms with Crippen LogP contribution in [0, 0.1) is 0 Å². The highest BCUT2D eigenvalue weighted by Crippen LogP contribution is 2.13. The zero-order valence-electron chi connectivity index (χ0n) is 7.57. The first kappa shape index (κ1) is 8.55. The van der Waals surface area contributed by atoms with Gasteiger partial charge >= 0.3 is 5.69 Å². The van der Waals surface area contributed by atoms with Crippen molar-refractivity contribution in [3.05, 3.63) is 28.7 Å². The second kappa shape index (κ2) is 2.73. The van der Waals surface area contributed by atoms with Gasteiger partial charge in [-0.15, -0.1) is 0 Å². The lowest BCUT2D eigenvalue weighted by molar-refractivity contribution is 0.0937. The molecule has 0 unspecified atom stereocenters. The number of nitrogens with one attached hydrogen (secondary N) is 1. The van der Waals surface area contributed by atoms with Gasteiger partial charge < -0.3 is 10.7 Å². The summed E-state index contributed by atoms with van der Waals surface area (Å²) in [5, 5.41) is 0. The first-order valence-electron chi connectivity index (χ1n) is 4.11. The maximum Gasteiger partial charge on any atom is 0.333 e. The Bertz CT molecular complexity index is 565. The molecule has 0 fully saturated rings. The molecule has 0 atom stereocenters. The largest absolute Gasteiger partial charge is 0.399 e. The van der Waals surface area contributed by atoms with Gasteiger partial charge in [0.2, 0.25) is 5.91 Å². The number of carbonyl (C=O) groups is 1. The minimum atomic E-state index is -0.432. The quantitative estimate of drug-likeness (QED) is 0.597. The van der Waals surface area contributed by atoms with Crippen LogP contribution in [0.15, 0.2) is 23.0 Å². The van der Waals surface area contributed by atoms with Crippen LogP contribution in [0.2, 0.25) is 0 Å². The Morgan fingerprint density at radius 2 is 2.21 bits per heavy atom. The molecule has 0 spiro atoms. The standard InChI is InChI=1S/C9H9N3O2/c1-5(13)12-8-3-2-6(10)4-7(8)11-9(12)14/h2-4H,10H2,1H3,(H,11,14). The molecule has 0 saturated carbocycles. The fraction of sp³-hybridized carbons (Fsp3) is 0.111. The number of anilines is 1. The van der Waals surface area contributed by atoms with Crippen molar-refractivity contribution in [2.45, 2.75) is 6.92 Å². The summed E-state index contributed by atoms with van der Waals surface area (Å²) in [6.07, 6.45) is 0. The van der Waals surface area contributed by atoms with Gasteiger partial charge in [0.15, 0.2) is 0 Å². The van der Waals surface area contributed by atoms with Gasteiger partial charge in [-0.2, -0.15) is 0 Å². The summed E-state index contributed by atoms with van der Waals surface area (Å²) < 4.78 is 1.08. The summed E-state index contributed by atoms with van der Waals surface area (Å²) in [7, 11) is 0. The first-order chi connectivity index (χ1) is 6.59. The highest BCUT2D eigenvalue weighted by molar-refractivity contribution is 5.89. The van der Waals surface area contributed by atoms with Crippen LogP contribution in [0.1, 0.15) is 11.7 Å². The SMILES string of the molecule is CC(=O)n1c(=O)[nH]c2cc(N)ccc21. The molecule has 0 radical (unpaired) electrons. The first-order valence-corrected chi connectivity index (χ1v) is 4.11. The molecule has 72 valence electrons. The van der Waals surface area contributed by atoms with E-state index in [-0.39, 0.29) is 5.91 Å². The maximum atomic E-state index is 11.3. The molecule has 2 aromatic rings. The van der Waals surface area contributed by atoms with Crippen LogP contribution >= 0.6 is 0 Å². The number of fused-ring (bicyclic) bond motifs is 1. The minimum absolute atomic E-state index is 0.314. The number of imidazole rings is 1. The number of hydrogen-bond acceptors (Lipinski definition) is 3. The van der Waals surface area contributed by atoms with E-state index >= 15 is 0 Å². The van der Waals surface area contributed by atoms with Gasteiger partial charge in [-0.25, -0.2) is 9.36 Å². The number of carbonyl (C=O) groups excluding carboxylic acids is 1. The second-order valence-electron chi connectivity index (χ2n) is 3.06. The number of nitrogens with zero attached hydrogens (tertiary/aromatic N) is 1. The maximum absolute atomic E-state index is 11.3. The molecule has 1 aromatic carbocycles. The number of nitrogens with two attached hydrogens (primary N) is 1. The van der Waals surface area contributed by atoms with Crippen LogP contribution in [0.4, 0.5) is 5.69 Å². The summed E-state index contributed by atoms with van der Waals surface area (Å²) in [6.45, 7) is 1.34. The van der Waals surface area contributed by atoms with E-state index in [1.807, 2.05) is 0 Å². The average Bonchev–Trinajstić information content (AvgIpc) is 2.39. The molecule has 0 saturated heterocycles. The summed E-state index contributed by atoms with van der Waals surface area (Å²) in [5.41, 5.74) is 6.79. The molecule has 1 aromatic heterocycles. The topological polar surface area (TPSA) is 80.9 Å². The molecule has 0 amide bonds. The lowest BCUT2D eigenvalue weighted by Gasteiger charge is -1.96. The summed E-state index contributed by atoms with van der Waals surface area (Å²) in [4.78, 5) is 25.0. The third-order valence-electron chi connectivity index (χ3n) is 2.02. The highest BCUT2D eigenvalue weighted by Gasteiger charge is 2.09. The summed E-state index contributed by atoms with van der Waals surface area (Å²) >= 11 is 0. The monoisotopic (exact) mass is 191 g/mol. The number of aromatic amines is 1. The van der Waals surface area contributed by atoms with Gasteiger partial charge in [-0.05, 0) is 18.2 Å². The van der Waals surface area contributed by atoms with Crippen LogP contribution in [0.3, 0.4) is 0 Å². The second-order valence-corrected chi connectivity index (χ2v) is 3.06. The lowest BCUT2D eigenvalue weighted by Crippen LogP contribution is -2.21. The zero-order chi connectivity index (χ0) is 10.3. The van der Waals surface area contributed by atoms with Gasteiger partial charge in [0, 0.05) is 12.6 Å². The smallest absolute Gasteiger partial charge is 0.333 e. The molecule has 0 aliphatic rings. The molecule has 5 nitrogen and oxygen atoms in total. The van der Waals surface area contributed by atoms with Crippen molar-refractivity contribution >= 4 is 22.6 Å². The molecule has 1 heterocycles. The fourth-order valence-corrected chi connectivity index (χ4v) is 1.44. The third-order valence-corrected chi connectivity index (χ3v) is 2.02. The van der Waals surface area contributed by atoms with Gasteiger partial charge in [-0.3, -0.25) is 4.79 Å². The molecule has 5 heteroatoms. The molecular weight excluding hydrogens is 182 g/mol. The molecule has 2 rings (SSSR count). The number of hydrogen-bond donors (Lipinski definition) is 2. The molecule has 0 aliphatic heterocycles. The van der Waals surface area contributed by atoms with Crippen molar-refractivity contribution in [3.8, 4) is 0 Å². The Balaban J connectivity index is 2.91. The Hall–Kier alpha value is -2.04. The molecule has 0 bridgehead atoms. The van der Waals surface area contributed by atoms with Gasteiger partial charge in [0.1, 0.15) is 0 Å². The van der Waals surface area contributed by atoms with Crippen LogP contribution in [0.25, 0.3) is 11.0 Å². The van der Waals surface area contributed by atoms with Crippen LogP contribution in [0.5, 0.6) is 0 Å². The van der Waals surface area contributed by atoms with Crippen molar-refractivity contribution in [1.82, 2.24) is 9.55 Å². The number of benzene rings is 1. The van der Waals surface area contributed by atoms with Crippen molar-refractivity contribution in [2.24, 2.45) is 0 Å². The van der Waals surface area contributed by atoms with E-state index in [2.05, 4.69) is 4.98 Å². The highest BCUT2D eigenvalue weighted by atomic mass is 16.2. The number of nitrogen functional groups attached to an aromatic ring is 1. The normalized spacial score (nSPS) is 10.6. The Morgan fingerprint density at radius 1 is 1.50 bits per heavy atom. The molecular formula is C9H9N3O2. The van der Waals surface area contributed by atoms with Gasteiger partial charge in [-0.1, -0.05) is 0 Å². The van der Waals surface area contributed by atoms with E-state index in [1.54, 1.807) is 18.2 Å².